The Balaban J connectivity index is 1.49. The summed E-state index contributed by atoms with van der Waals surface area (Å²) in [5.74, 6) is 0.192. The van der Waals surface area contributed by atoms with Gasteiger partial charge in [-0.3, -0.25) is 9.69 Å². The summed E-state index contributed by atoms with van der Waals surface area (Å²) in [6, 6.07) is 11.3. The molecule has 1 N–H and O–H groups in total. The molecule has 0 radical (unpaired) electrons. The smallest absolute Gasteiger partial charge is 0.236 e. The predicted octanol–water partition coefficient (Wildman–Crippen LogP) is 1.82. The van der Waals surface area contributed by atoms with Crippen LogP contribution in [-0.2, 0) is 18.4 Å². The topological polar surface area (TPSA) is 40.5 Å². The van der Waals surface area contributed by atoms with Crippen molar-refractivity contribution >= 4 is 16.8 Å². The van der Waals surface area contributed by atoms with E-state index in [-0.39, 0.29) is 5.91 Å². The normalized spacial score (nSPS) is 16.6. The van der Waals surface area contributed by atoms with Gasteiger partial charge in [0.15, 0.2) is 0 Å². The van der Waals surface area contributed by atoms with Crippen molar-refractivity contribution in [3.63, 3.8) is 0 Å². The number of carbonyl (C=O) groups is 1. The standard InChI is InChI=1S/C19H28N4O/c1-21(2)19(24)14-23-10-8-16(9-11-23)20-13-17-12-15-6-4-5-7-18(15)22(17)3/h4-7,12,16,20H,8-11,13-14H2,1-3H3. The molecular formula is C19H28N4O. The minimum Gasteiger partial charge on any atom is -0.348 e. The molecule has 130 valence electrons. The third-order valence-corrected chi connectivity index (χ3v) is 5.07. The number of likely N-dealkylation sites (N-methyl/N-ethyl adjacent to an activating group) is 1. The van der Waals surface area contributed by atoms with Crippen LogP contribution in [0.15, 0.2) is 30.3 Å². The number of aryl methyl sites for hydroxylation is 1. The molecule has 0 bridgehead atoms. The quantitative estimate of drug-likeness (QED) is 0.910. The average Bonchev–Trinajstić information content (AvgIpc) is 2.90. The first-order valence-electron chi connectivity index (χ1n) is 8.74. The van der Waals surface area contributed by atoms with Gasteiger partial charge in [0.25, 0.3) is 0 Å². The maximum Gasteiger partial charge on any atom is 0.236 e. The van der Waals surface area contributed by atoms with E-state index in [0.717, 1.165) is 32.5 Å². The summed E-state index contributed by atoms with van der Waals surface area (Å²) in [7, 11) is 5.77. The molecule has 1 amide bonds. The van der Waals surface area contributed by atoms with E-state index in [9.17, 15) is 4.79 Å². The largest absolute Gasteiger partial charge is 0.348 e. The SMILES string of the molecule is CN(C)C(=O)CN1CCC(NCc2cc3ccccc3n2C)CC1. The molecule has 0 spiro atoms. The zero-order valence-electron chi connectivity index (χ0n) is 15.0. The first-order chi connectivity index (χ1) is 11.5. The number of aromatic nitrogens is 1. The number of amides is 1. The van der Waals surface area contributed by atoms with Crippen molar-refractivity contribution in [2.75, 3.05) is 33.7 Å². The van der Waals surface area contributed by atoms with Gasteiger partial charge in [0, 0.05) is 58.0 Å². The van der Waals surface area contributed by atoms with Crippen molar-refractivity contribution in [3.05, 3.63) is 36.0 Å². The Morgan fingerprint density at radius 3 is 2.62 bits per heavy atom. The summed E-state index contributed by atoms with van der Waals surface area (Å²) in [6.45, 7) is 3.42. The van der Waals surface area contributed by atoms with Crippen LogP contribution in [0.1, 0.15) is 18.5 Å². The van der Waals surface area contributed by atoms with Crippen LogP contribution < -0.4 is 5.32 Å². The highest BCUT2D eigenvalue weighted by molar-refractivity contribution is 5.81. The van der Waals surface area contributed by atoms with Gasteiger partial charge in [0.05, 0.1) is 6.54 Å². The summed E-state index contributed by atoms with van der Waals surface area (Å²) in [4.78, 5) is 15.7. The van der Waals surface area contributed by atoms with Crippen molar-refractivity contribution in [2.45, 2.75) is 25.4 Å². The number of hydrogen-bond acceptors (Lipinski definition) is 3. The molecule has 1 aromatic carbocycles. The fourth-order valence-electron chi connectivity index (χ4n) is 3.39. The minimum absolute atomic E-state index is 0.192. The molecule has 0 atom stereocenters. The van der Waals surface area contributed by atoms with Crippen LogP contribution in [-0.4, -0.2) is 60.0 Å². The molecule has 0 saturated carbocycles. The summed E-state index contributed by atoms with van der Waals surface area (Å²) in [5.41, 5.74) is 2.60. The van der Waals surface area contributed by atoms with E-state index < -0.39 is 0 Å². The van der Waals surface area contributed by atoms with Crippen LogP contribution in [0, 0.1) is 0 Å². The molecule has 0 unspecified atom stereocenters. The molecular weight excluding hydrogens is 300 g/mol. The molecule has 5 nitrogen and oxygen atoms in total. The number of para-hydroxylation sites is 1. The highest BCUT2D eigenvalue weighted by atomic mass is 16.2. The zero-order valence-corrected chi connectivity index (χ0v) is 15.0. The number of piperidine rings is 1. The van der Waals surface area contributed by atoms with E-state index in [1.807, 2.05) is 14.1 Å². The third kappa shape index (κ3) is 3.79. The van der Waals surface area contributed by atoms with Gasteiger partial charge in [0.1, 0.15) is 0 Å². The lowest BCUT2D eigenvalue weighted by Crippen LogP contribution is -2.45. The summed E-state index contributed by atoms with van der Waals surface area (Å²) >= 11 is 0. The van der Waals surface area contributed by atoms with Gasteiger partial charge in [0.2, 0.25) is 5.91 Å². The van der Waals surface area contributed by atoms with Crippen LogP contribution in [0.25, 0.3) is 10.9 Å². The van der Waals surface area contributed by atoms with Crippen molar-refractivity contribution in [2.24, 2.45) is 7.05 Å². The Hall–Kier alpha value is -1.85. The number of hydrogen-bond donors (Lipinski definition) is 1. The lowest BCUT2D eigenvalue weighted by molar-refractivity contribution is -0.130. The number of nitrogens with zero attached hydrogens (tertiary/aromatic N) is 3. The van der Waals surface area contributed by atoms with Crippen molar-refractivity contribution in [1.82, 2.24) is 19.7 Å². The van der Waals surface area contributed by atoms with E-state index in [2.05, 4.69) is 52.2 Å². The Morgan fingerprint density at radius 2 is 1.96 bits per heavy atom. The lowest BCUT2D eigenvalue weighted by Gasteiger charge is -2.32. The third-order valence-electron chi connectivity index (χ3n) is 5.07. The van der Waals surface area contributed by atoms with Gasteiger partial charge in [-0.25, -0.2) is 0 Å². The second-order valence-corrected chi connectivity index (χ2v) is 6.97. The average molecular weight is 328 g/mol. The maximum atomic E-state index is 11.8. The van der Waals surface area contributed by atoms with E-state index in [4.69, 9.17) is 0 Å². The molecule has 2 heterocycles. The predicted molar refractivity (Wildman–Crippen MR) is 97.9 cm³/mol. The maximum absolute atomic E-state index is 11.8. The van der Waals surface area contributed by atoms with Crippen molar-refractivity contribution in [3.8, 4) is 0 Å². The number of carbonyl (C=O) groups excluding carboxylic acids is 1. The molecule has 1 aromatic heterocycles. The molecule has 2 aromatic rings. The summed E-state index contributed by atoms with van der Waals surface area (Å²) in [6.07, 6.45) is 2.20. The Bertz CT molecular complexity index is 698. The molecule has 1 aliphatic heterocycles. The van der Waals surface area contributed by atoms with E-state index >= 15 is 0 Å². The number of benzene rings is 1. The fraction of sp³-hybridized carbons (Fsp3) is 0.526. The van der Waals surface area contributed by atoms with Gasteiger partial charge in [-0.1, -0.05) is 18.2 Å². The highest BCUT2D eigenvalue weighted by Crippen LogP contribution is 2.19. The van der Waals surface area contributed by atoms with Gasteiger partial charge >= 0.3 is 0 Å². The molecule has 1 fully saturated rings. The number of nitrogens with one attached hydrogen (secondary N) is 1. The van der Waals surface area contributed by atoms with Crippen LogP contribution in [0.3, 0.4) is 0 Å². The Labute approximate surface area is 144 Å². The number of likely N-dealkylation sites (tertiary alicyclic amines) is 1. The molecule has 1 saturated heterocycles. The van der Waals surface area contributed by atoms with E-state index in [0.29, 0.717) is 12.6 Å². The van der Waals surface area contributed by atoms with Crippen molar-refractivity contribution in [1.29, 1.82) is 0 Å². The van der Waals surface area contributed by atoms with E-state index in [1.165, 1.54) is 16.6 Å². The zero-order chi connectivity index (χ0) is 17.1. The van der Waals surface area contributed by atoms with Crippen LogP contribution >= 0.6 is 0 Å². The van der Waals surface area contributed by atoms with Crippen LogP contribution in [0.4, 0.5) is 0 Å². The summed E-state index contributed by atoms with van der Waals surface area (Å²) in [5, 5.41) is 4.99. The molecule has 5 heteroatoms. The molecule has 1 aliphatic rings. The lowest BCUT2D eigenvalue weighted by atomic mass is 10.0. The van der Waals surface area contributed by atoms with E-state index in [1.54, 1.807) is 4.90 Å². The van der Waals surface area contributed by atoms with Crippen molar-refractivity contribution < 1.29 is 4.79 Å². The Kier molecular flexibility index (Phi) is 5.21. The van der Waals surface area contributed by atoms with Crippen LogP contribution in [0.5, 0.6) is 0 Å². The minimum atomic E-state index is 0.192. The number of rotatable bonds is 5. The van der Waals surface area contributed by atoms with Crippen LogP contribution in [0.2, 0.25) is 0 Å². The number of fused-ring (bicyclic) bond motifs is 1. The molecule has 24 heavy (non-hydrogen) atoms. The van der Waals surface area contributed by atoms with Gasteiger partial charge < -0.3 is 14.8 Å². The first-order valence-corrected chi connectivity index (χ1v) is 8.74. The second kappa shape index (κ2) is 7.36. The highest BCUT2D eigenvalue weighted by Gasteiger charge is 2.21. The monoisotopic (exact) mass is 328 g/mol. The van der Waals surface area contributed by atoms with Gasteiger partial charge in [-0.15, -0.1) is 0 Å². The molecule has 3 rings (SSSR count). The second-order valence-electron chi connectivity index (χ2n) is 6.97. The van der Waals surface area contributed by atoms with Gasteiger partial charge in [-0.2, -0.15) is 0 Å². The Morgan fingerprint density at radius 1 is 1.25 bits per heavy atom. The molecule has 0 aliphatic carbocycles. The fourth-order valence-corrected chi connectivity index (χ4v) is 3.39. The first kappa shape index (κ1) is 17.0. The summed E-state index contributed by atoms with van der Waals surface area (Å²) < 4.78 is 2.27. The van der Waals surface area contributed by atoms with Gasteiger partial charge in [-0.05, 0) is 30.4 Å².